The summed E-state index contributed by atoms with van der Waals surface area (Å²) in [7, 11) is 0. The Bertz CT molecular complexity index is 149. The molecule has 1 aliphatic carbocycles. The molecule has 0 unspecified atom stereocenters. The lowest BCUT2D eigenvalue weighted by atomic mass is 9.99. The van der Waals surface area contributed by atoms with Crippen molar-refractivity contribution in [2.24, 2.45) is 11.8 Å². The van der Waals surface area contributed by atoms with Gasteiger partial charge in [0.05, 0.1) is 5.92 Å². The van der Waals surface area contributed by atoms with E-state index in [1.165, 1.54) is 0 Å². The third-order valence-electron chi connectivity index (χ3n) is 2.72. The number of nitrogens with one attached hydrogen (secondary N) is 1. The van der Waals surface area contributed by atoms with Crippen LogP contribution in [-0.4, -0.2) is 23.7 Å². The number of hydrogen-bond acceptors (Lipinski definition) is 2. The van der Waals surface area contributed by atoms with Crippen LogP contribution >= 0.6 is 0 Å². The smallest absolute Gasteiger partial charge is 0.308 e. The molecular formula is C7H11NO2. The van der Waals surface area contributed by atoms with Crippen LogP contribution in [-0.2, 0) is 4.79 Å². The third kappa shape index (κ3) is 0.669. The molecule has 0 aromatic carbocycles. The number of fused-ring (bicyclic) bond motifs is 2. The maximum absolute atomic E-state index is 10.6. The summed E-state index contributed by atoms with van der Waals surface area (Å²) < 4.78 is 0. The molecule has 3 heteroatoms. The second-order valence-corrected chi connectivity index (χ2v) is 3.22. The third-order valence-corrected chi connectivity index (χ3v) is 2.72. The Morgan fingerprint density at radius 1 is 1.50 bits per heavy atom. The first kappa shape index (κ1) is 6.16. The molecule has 3 atom stereocenters. The molecule has 56 valence electrons. The Balaban J connectivity index is 2.16. The zero-order valence-electron chi connectivity index (χ0n) is 5.71. The van der Waals surface area contributed by atoms with Crippen molar-refractivity contribution in [3.8, 4) is 0 Å². The van der Waals surface area contributed by atoms with Crippen molar-refractivity contribution in [1.29, 1.82) is 0 Å². The minimum absolute atomic E-state index is 0.0833. The number of carboxylic acids is 1. The number of hydrogen-bond donors (Lipinski definition) is 2. The molecule has 0 radical (unpaired) electrons. The van der Waals surface area contributed by atoms with Crippen LogP contribution in [0.25, 0.3) is 0 Å². The molecule has 0 spiro atoms. The van der Waals surface area contributed by atoms with Gasteiger partial charge in [0.15, 0.2) is 0 Å². The molecule has 0 amide bonds. The van der Waals surface area contributed by atoms with E-state index in [0.29, 0.717) is 5.92 Å². The molecule has 1 heterocycles. The molecule has 2 aliphatic rings. The zero-order chi connectivity index (χ0) is 7.14. The van der Waals surface area contributed by atoms with Gasteiger partial charge >= 0.3 is 5.97 Å². The Kier molecular flexibility index (Phi) is 1.20. The highest BCUT2D eigenvalue weighted by atomic mass is 16.4. The van der Waals surface area contributed by atoms with Crippen LogP contribution < -0.4 is 5.32 Å². The molecule has 2 N–H and O–H groups in total. The molecule has 1 saturated heterocycles. The fourth-order valence-corrected chi connectivity index (χ4v) is 2.22. The van der Waals surface area contributed by atoms with E-state index in [2.05, 4.69) is 5.32 Å². The molecule has 10 heavy (non-hydrogen) atoms. The van der Waals surface area contributed by atoms with E-state index >= 15 is 0 Å². The summed E-state index contributed by atoms with van der Waals surface area (Å²) in [5, 5.41) is 12.0. The molecule has 1 saturated carbocycles. The minimum atomic E-state index is -0.613. The van der Waals surface area contributed by atoms with Crippen molar-refractivity contribution in [2.45, 2.75) is 18.9 Å². The van der Waals surface area contributed by atoms with Crippen LogP contribution in [0.5, 0.6) is 0 Å². The molecule has 2 fully saturated rings. The second-order valence-electron chi connectivity index (χ2n) is 3.22. The quantitative estimate of drug-likeness (QED) is 0.543. The van der Waals surface area contributed by atoms with Gasteiger partial charge < -0.3 is 10.4 Å². The van der Waals surface area contributed by atoms with E-state index in [-0.39, 0.29) is 12.0 Å². The predicted octanol–water partition coefficient (Wildman–Crippen LogP) is 0.0690. The number of aliphatic carboxylic acids is 1. The van der Waals surface area contributed by atoms with Crippen LogP contribution in [0.4, 0.5) is 0 Å². The molecule has 0 aromatic rings. The van der Waals surface area contributed by atoms with Crippen molar-refractivity contribution in [3.05, 3.63) is 0 Å². The van der Waals surface area contributed by atoms with Gasteiger partial charge in [0.2, 0.25) is 0 Å². The average Bonchev–Trinajstić information content (AvgIpc) is 2.43. The SMILES string of the molecule is O=C(O)[C@@H]1[C@H]2CC[C@@H]1NC2. The Morgan fingerprint density at radius 3 is 2.50 bits per heavy atom. The highest BCUT2D eigenvalue weighted by Gasteiger charge is 2.45. The van der Waals surface area contributed by atoms with Crippen molar-refractivity contribution < 1.29 is 9.90 Å². The summed E-state index contributed by atoms with van der Waals surface area (Å²) in [6.07, 6.45) is 2.16. The summed E-state index contributed by atoms with van der Waals surface area (Å²) in [6, 6.07) is 0.280. The Hall–Kier alpha value is -0.570. The summed E-state index contributed by atoms with van der Waals surface area (Å²) in [4.78, 5) is 10.6. The summed E-state index contributed by atoms with van der Waals surface area (Å²) >= 11 is 0. The van der Waals surface area contributed by atoms with Crippen LogP contribution in [0.2, 0.25) is 0 Å². The first-order chi connectivity index (χ1) is 4.79. The normalized spacial score (nSPS) is 44.2. The maximum Gasteiger partial charge on any atom is 0.308 e. The minimum Gasteiger partial charge on any atom is -0.481 e. The van der Waals surface area contributed by atoms with Gasteiger partial charge in [-0.1, -0.05) is 0 Å². The highest BCUT2D eigenvalue weighted by Crippen LogP contribution is 2.36. The second kappa shape index (κ2) is 1.95. The predicted molar refractivity (Wildman–Crippen MR) is 35.6 cm³/mol. The molecular weight excluding hydrogens is 130 g/mol. The van der Waals surface area contributed by atoms with Gasteiger partial charge in [-0.05, 0) is 25.3 Å². The lowest BCUT2D eigenvalue weighted by molar-refractivity contribution is -0.142. The fourth-order valence-electron chi connectivity index (χ4n) is 2.22. The summed E-state index contributed by atoms with van der Waals surface area (Å²) in [5.74, 6) is -0.278. The van der Waals surface area contributed by atoms with E-state index < -0.39 is 5.97 Å². The Morgan fingerprint density at radius 2 is 2.30 bits per heavy atom. The highest BCUT2D eigenvalue weighted by molar-refractivity contribution is 5.72. The van der Waals surface area contributed by atoms with Gasteiger partial charge in [0, 0.05) is 6.04 Å². The Labute approximate surface area is 59.4 Å². The van der Waals surface area contributed by atoms with E-state index in [1.807, 2.05) is 0 Å². The molecule has 2 rings (SSSR count). The number of carbonyl (C=O) groups is 1. The maximum atomic E-state index is 10.6. The number of rotatable bonds is 1. The first-order valence-corrected chi connectivity index (χ1v) is 3.75. The molecule has 1 aliphatic heterocycles. The largest absolute Gasteiger partial charge is 0.481 e. The van der Waals surface area contributed by atoms with Crippen LogP contribution in [0, 0.1) is 11.8 Å². The van der Waals surface area contributed by atoms with E-state index in [9.17, 15) is 4.79 Å². The van der Waals surface area contributed by atoms with Gasteiger partial charge in [-0.25, -0.2) is 0 Å². The van der Waals surface area contributed by atoms with E-state index in [0.717, 1.165) is 19.4 Å². The van der Waals surface area contributed by atoms with Crippen LogP contribution in [0.3, 0.4) is 0 Å². The summed E-state index contributed by atoms with van der Waals surface area (Å²) in [5.41, 5.74) is 0. The topological polar surface area (TPSA) is 49.3 Å². The standard InChI is InChI=1S/C7H11NO2/c9-7(10)6-4-1-2-5(6)8-3-4/h4-6,8H,1-3H2,(H,9,10)/t4-,5-,6+/m0/s1. The lowest BCUT2D eigenvalue weighted by Gasteiger charge is -2.08. The lowest BCUT2D eigenvalue weighted by Crippen LogP contribution is -2.28. The average molecular weight is 141 g/mol. The van der Waals surface area contributed by atoms with E-state index in [4.69, 9.17) is 5.11 Å². The zero-order valence-corrected chi connectivity index (χ0v) is 5.71. The van der Waals surface area contributed by atoms with Gasteiger partial charge in [0.1, 0.15) is 0 Å². The van der Waals surface area contributed by atoms with Crippen molar-refractivity contribution in [2.75, 3.05) is 6.54 Å². The molecule has 2 bridgehead atoms. The summed E-state index contributed by atoms with van der Waals surface area (Å²) in [6.45, 7) is 0.918. The van der Waals surface area contributed by atoms with Crippen LogP contribution in [0.15, 0.2) is 0 Å². The van der Waals surface area contributed by atoms with Crippen molar-refractivity contribution in [1.82, 2.24) is 5.32 Å². The van der Waals surface area contributed by atoms with Gasteiger partial charge in [-0.3, -0.25) is 4.79 Å². The fraction of sp³-hybridized carbons (Fsp3) is 0.857. The van der Waals surface area contributed by atoms with Crippen LogP contribution in [0.1, 0.15) is 12.8 Å². The van der Waals surface area contributed by atoms with Gasteiger partial charge in [0.25, 0.3) is 0 Å². The molecule has 3 nitrogen and oxygen atoms in total. The van der Waals surface area contributed by atoms with E-state index in [1.54, 1.807) is 0 Å². The molecule has 0 aromatic heterocycles. The number of piperidine rings is 1. The monoisotopic (exact) mass is 141 g/mol. The van der Waals surface area contributed by atoms with Gasteiger partial charge in [-0.15, -0.1) is 0 Å². The van der Waals surface area contributed by atoms with Crippen molar-refractivity contribution in [3.63, 3.8) is 0 Å². The van der Waals surface area contributed by atoms with Gasteiger partial charge in [-0.2, -0.15) is 0 Å². The number of carboxylic acid groups (broad SMARTS) is 1. The first-order valence-electron chi connectivity index (χ1n) is 3.75. The van der Waals surface area contributed by atoms with Crippen molar-refractivity contribution >= 4 is 5.97 Å².